The first-order chi connectivity index (χ1) is 14.6. The second-order valence-electron chi connectivity index (χ2n) is 7.65. The summed E-state index contributed by atoms with van der Waals surface area (Å²) in [6, 6.07) is 8.49. The fraction of sp³-hybridized carbons (Fsp3) is 0.273. The van der Waals surface area contributed by atoms with Gasteiger partial charge in [0.2, 0.25) is 10.0 Å². The number of fused-ring (bicyclic) bond motifs is 2. The van der Waals surface area contributed by atoms with Gasteiger partial charge in [-0.1, -0.05) is 6.92 Å². The van der Waals surface area contributed by atoms with Crippen LogP contribution >= 0.6 is 0 Å². The summed E-state index contributed by atoms with van der Waals surface area (Å²) in [6.45, 7) is 1.92. The maximum absolute atomic E-state index is 13.4. The Kier molecular flexibility index (Phi) is 5.09. The van der Waals surface area contributed by atoms with Crippen LogP contribution in [-0.2, 0) is 10.0 Å². The van der Waals surface area contributed by atoms with Gasteiger partial charge in [0.05, 0.1) is 17.5 Å². The SMILES string of the molecule is CNC(=O)c1c(-c2ccc(F)cc2)oc2cc3c(cc12)C(=O)C(C)CCN3S(C)(=O)=O. The Hall–Kier alpha value is -3.20. The number of rotatable bonds is 3. The van der Waals surface area contributed by atoms with Crippen LogP contribution in [0.25, 0.3) is 22.3 Å². The predicted molar refractivity (Wildman–Crippen MR) is 115 cm³/mol. The van der Waals surface area contributed by atoms with Gasteiger partial charge in [0.15, 0.2) is 5.78 Å². The van der Waals surface area contributed by atoms with Crippen molar-refractivity contribution in [3.8, 4) is 11.3 Å². The molecule has 4 rings (SSSR count). The van der Waals surface area contributed by atoms with Crippen LogP contribution in [0, 0.1) is 11.7 Å². The molecule has 1 N–H and O–H groups in total. The Bertz CT molecular complexity index is 1310. The molecule has 0 aliphatic carbocycles. The lowest BCUT2D eigenvalue weighted by molar-refractivity contribution is 0.0927. The summed E-state index contributed by atoms with van der Waals surface area (Å²) >= 11 is 0. The highest BCUT2D eigenvalue weighted by atomic mass is 32.2. The van der Waals surface area contributed by atoms with Gasteiger partial charge in [-0.2, -0.15) is 0 Å². The number of hydrogen-bond donors (Lipinski definition) is 1. The molecule has 0 bridgehead atoms. The zero-order chi connectivity index (χ0) is 22.5. The number of carbonyl (C=O) groups is 2. The molecule has 0 saturated carbocycles. The van der Waals surface area contributed by atoms with Crippen molar-refractivity contribution in [3.05, 3.63) is 53.3 Å². The first kappa shape index (κ1) is 21.0. The predicted octanol–water partition coefficient (Wildman–Crippen LogP) is 3.59. The van der Waals surface area contributed by atoms with E-state index in [-0.39, 0.29) is 46.4 Å². The van der Waals surface area contributed by atoms with Gasteiger partial charge in [-0.15, -0.1) is 0 Å². The molecule has 0 saturated heterocycles. The number of ketones is 1. The Morgan fingerprint density at radius 3 is 2.52 bits per heavy atom. The fourth-order valence-corrected chi connectivity index (χ4v) is 4.81. The number of Topliss-reactive ketones (excluding diaryl/α,β-unsaturated/α-hetero) is 1. The van der Waals surface area contributed by atoms with Gasteiger partial charge in [0, 0.05) is 42.1 Å². The van der Waals surface area contributed by atoms with Crippen molar-refractivity contribution in [1.82, 2.24) is 5.32 Å². The van der Waals surface area contributed by atoms with Crippen LogP contribution in [0.3, 0.4) is 0 Å². The minimum absolute atomic E-state index is 0.165. The third-order valence-corrected chi connectivity index (χ3v) is 6.69. The van der Waals surface area contributed by atoms with Gasteiger partial charge < -0.3 is 9.73 Å². The number of benzene rings is 2. The van der Waals surface area contributed by atoms with Crippen LogP contribution in [0.4, 0.5) is 10.1 Å². The first-order valence-corrected chi connectivity index (χ1v) is 11.6. The minimum Gasteiger partial charge on any atom is -0.455 e. The lowest BCUT2D eigenvalue weighted by Gasteiger charge is -2.21. The maximum Gasteiger partial charge on any atom is 0.255 e. The van der Waals surface area contributed by atoms with E-state index in [1.807, 2.05) is 0 Å². The number of anilines is 1. The van der Waals surface area contributed by atoms with Crippen molar-refractivity contribution in [2.75, 3.05) is 24.2 Å². The van der Waals surface area contributed by atoms with Crippen molar-refractivity contribution in [3.63, 3.8) is 0 Å². The summed E-state index contributed by atoms with van der Waals surface area (Å²) in [5, 5.41) is 2.94. The van der Waals surface area contributed by atoms with Gasteiger partial charge in [-0.05, 0) is 36.8 Å². The number of nitrogens with zero attached hydrogens (tertiary/aromatic N) is 1. The molecule has 31 heavy (non-hydrogen) atoms. The standard InChI is InChI=1S/C22H21FN2O5S/c1-12-8-9-25(31(3,28)29)17-11-18-16(10-15(17)20(12)26)19(22(27)24-2)21(30-18)13-4-6-14(23)7-5-13/h4-7,10-12H,8-9H2,1-3H3,(H,24,27). The largest absolute Gasteiger partial charge is 0.455 e. The molecule has 0 radical (unpaired) electrons. The quantitative estimate of drug-likeness (QED) is 0.666. The third-order valence-electron chi connectivity index (χ3n) is 5.51. The van der Waals surface area contributed by atoms with Crippen molar-refractivity contribution < 1.29 is 26.8 Å². The summed E-state index contributed by atoms with van der Waals surface area (Å²) in [5.74, 6) is -1.24. The molecular weight excluding hydrogens is 423 g/mol. The lowest BCUT2D eigenvalue weighted by Crippen LogP contribution is -2.30. The van der Waals surface area contributed by atoms with Gasteiger partial charge in [-0.3, -0.25) is 13.9 Å². The van der Waals surface area contributed by atoms with Crippen LogP contribution in [0.2, 0.25) is 0 Å². The summed E-state index contributed by atoms with van der Waals surface area (Å²) in [6.07, 6.45) is 1.47. The van der Waals surface area contributed by atoms with Crippen molar-refractivity contribution in [1.29, 1.82) is 0 Å². The van der Waals surface area contributed by atoms with E-state index >= 15 is 0 Å². The highest BCUT2D eigenvalue weighted by molar-refractivity contribution is 7.92. The first-order valence-electron chi connectivity index (χ1n) is 9.72. The number of halogens is 1. The van der Waals surface area contributed by atoms with Crippen LogP contribution in [-0.4, -0.2) is 40.0 Å². The molecule has 1 atom stereocenters. The molecule has 0 fully saturated rings. The smallest absolute Gasteiger partial charge is 0.255 e. The minimum atomic E-state index is -3.64. The Labute approximate surface area is 178 Å². The molecule has 1 amide bonds. The van der Waals surface area contributed by atoms with E-state index in [0.717, 1.165) is 6.26 Å². The summed E-state index contributed by atoms with van der Waals surface area (Å²) < 4.78 is 45.4. The molecule has 2 aromatic carbocycles. The molecular formula is C22H21FN2O5S. The van der Waals surface area contributed by atoms with E-state index in [4.69, 9.17) is 4.42 Å². The van der Waals surface area contributed by atoms with Gasteiger partial charge in [0.25, 0.3) is 5.91 Å². The Morgan fingerprint density at radius 2 is 1.90 bits per heavy atom. The summed E-state index contributed by atoms with van der Waals surface area (Å²) in [4.78, 5) is 25.7. The maximum atomic E-state index is 13.4. The average molecular weight is 444 g/mol. The fourth-order valence-electron chi connectivity index (χ4n) is 3.86. The van der Waals surface area contributed by atoms with Crippen molar-refractivity contribution >= 4 is 38.4 Å². The highest BCUT2D eigenvalue weighted by Gasteiger charge is 2.33. The topological polar surface area (TPSA) is 96.7 Å². The molecule has 1 aliphatic rings. The molecule has 9 heteroatoms. The molecule has 1 aromatic heterocycles. The van der Waals surface area contributed by atoms with Crippen LogP contribution in [0.15, 0.2) is 40.8 Å². The second kappa shape index (κ2) is 7.49. The van der Waals surface area contributed by atoms with E-state index < -0.39 is 21.7 Å². The number of hydrogen-bond acceptors (Lipinski definition) is 5. The van der Waals surface area contributed by atoms with Gasteiger partial charge in [0.1, 0.15) is 17.2 Å². The van der Waals surface area contributed by atoms with Crippen LogP contribution < -0.4 is 9.62 Å². The second-order valence-corrected chi connectivity index (χ2v) is 9.55. The van der Waals surface area contributed by atoms with Crippen LogP contribution in [0.1, 0.15) is 34.1 Å². The zero-order valence-corrected chi connectivity index (χ0v) is 18.0. The van der Waals surface area contributed by atoms with E-state index in [9.17, 15) is 22.4 Å². The number of amides is 1. The number of sulfonamides is 1. The van der Waals surface area contributed by atoms with E-state index in [1.54, 1.807) is 6.92 Å². The van der Waals surface area contributed by atoms with Crippen LogP contribution in [0.5, 0.6) is 0 Å². The number of nitrogens with one attached hydrogen (secondary N) is 1. The molecule has 3 aromatic rings. The molecule has 7 nitrogen and oxygen atoms in total. The lowest BCUT2D eigenvalue weighted by atomic mass is 9.95. The molecule has 1 aliphatic heterocycles. The highest BCUT2D eigenvalue weighted by Crippen LogP contribution is 2.40. The third kappa shape index (κ3) is 3.59. The normalized spacial score (nSPS) is 16.8. The number of carbonyl (C=O) groups excluding carboxylic acids is 2. The monoisotopic (exact) mass is 444 g/mol. The summed E-state index contributed by atoms with van der Waals surface area (Å²) in [5.41, 5.74) is 1.38. The van der Waals surface area contributed by atoms with E-state index in [0.29, 0.717) is 17.4 Å². The van der Waals surface area contributed by atoms with Gasteiger partial charge in [-0.25, -0.2) is 12.8 Å². The van der Waals surface area contributed by atoms with E-state index in [2.05, 4.69) is 5.32 Å². The Balaban J connectivity index is 2.05. The number of furan rings is 1. The molecule has 1 unspecified atom stereocenters. The van der Waals surface area contributed by atoms with Crippen molar-refractivity contribution in [2.24, 2.45) is 5.92 Å². The Morgan fingerprint density at radius 1 is 1.23 bits per heavy atom. The molecule has 0 spiro atoms. The molecule has 162 valence electrons. The summed E-state index contributed by atoms with van der Waals surface area (Å²) in [7, 11) is -2.17. The van der Waals surface area contributed by atoms with E-state index in [1.165, 1.54) is 47.8 Å². The van der Waals surface area contributed by atoms with Crippen molar-refractivity contribution in [2.45, 2.75) is 13.3 Å². The average Bonchev–Trinajstić information content (AvgIpc) is 3.04. The molecule has 2 heterocycles. The zero-order valence-electron chi connectivity index (χ0n) is 17.2. The van der Waals surface area contributed by atoms with Gasteiger partial charge >= 0.3 is 0 Å².